The zero-order valence-corrected chi connectivity index (χ0v) is 26.6. The fraction of sp³-hybridized carbons (Fsp3) is 0.600. The molecule has 1 saturated heterocycles. The molecule has 1 aromatic carbocycles. The van der Waals surface area contributed by atoms with Crippen molar-refractivity contribution in [2.45, 2.75) is 91.7 Å². The molecule has 1 fully saturated rings. The molecule has 1 N–H and O–H groups in total. The number of rotatable bonds is 16. The first-order chi connectivity index (χ1) is 21.1. The van der Waals surface area contributed by atoms with Crippen LogP contribution in [0.25, 0.3) is 0 Å². The Morgan fingerprint density at radius 3 is 2.45 bits per heavy atom. The first kappa shape index (κ1) is 33.3. The van der Waals surface area contributed by atoms with Crippen LogP contribution in [0.3, 0.4) is 0 Å². The van der Waals surface area contributed by atoms with Gasteiger partial charge in [0, 0.05) is 31.1 Å². The van der Waals surface area contributed by atoms with E-state index in [0.29, 0.717) is 25.7 Å². The minimum Gasteiger partial charge on any atom is -0.461 e. The van der Waals surface area contributed by atoms with Crippen LogP contribution in [0.2, 0.25) is 0 Å². The van der Waals surface area contributed by atoms with E-state index >= 15 is 0 Å². The highest BCUT2D eigenvalue weighted by Crippen LogP contribution is 2.33. The second-order valence-electron chi connectivity index (χ2n) is 13.0. The Kier molecular flexibility index (Phi) is 11.6. The third kappa shape index (κ3) is 8.51. The maximum Gasteiger partial charge on any atom is 0.306 e. The lowest BCUT2D eigenvalue weighted by Gasteiger charge is -2.39. The van der Waals surface area contributed by atoms with Gasteiger partial charge >= 0.3 is 5.97 Å². The molecule has 2 heterocycles. The van der Waals surface area contributed by atoms with E-state index < -0.39 is 35.5 Å². The number of ketones is 2. The zero-order valence-electron chi connectivity index (χ0n) is 26.6. The Labute approximate surface area is 260 Å². The highest BCUT2D eigenvalue weighted by Gasteiger charge is 2.41. The monoisotopic (exact) mass is 605 g/mol. The molecule has 0 saturated carbocycles. The summed E-state index contributed by atoms with van der Waals surface area (Å²) in [5.41, 5.74) is 4.70. The topological polar surface area (TPSA) is 122 Å². The van der Waals surface area contributed by atoms with Crippen LogP contribution in [0.5, 0.6) is 0 Å². The summed E-state index contributed by atoms with van der Waals surface area (Å²) in [5, 5.41) is 2.81. The molecule has 2 aliphatic heterocycles. The third-order valence-electron chi connectivity index (χ3n) is 9.16. The van der Waals surface area contributed by atoms with Gasteiger partial charge in [-0.05, 0) is 60.6 Å². The maximum atomic E-state index is 13.4. The van der Waals surface area contributed by atoms with Crippen molar-refractivity contribution in [3.05, 3.63) is 47.0 Å². The molecule has 0 bridgehead atoms. The van der Waals surface area contributed by atoms with Gasteiger partial charge in [-0.25, -0.2) is 0 Å². The van der Waals surface area contributed by atoms with Crippen LogP contribution < -0.4 is 5.32 Å². The Morgan fingerprint density at radius 2 is 1.77 bits per heavy atom. The third-order valence-corrected chi connectivity index (χ3v) is 9.16. The number of hydrogen-bond acceptors (Lipinski definition) is 7. The molecule has 9 nitrogen and oxygen atoms in total. The van der Waals surface area contributed by atoms with Gasteiger partial charge < -0.3 is 15.0 Å². The van der Waals surface area contributed by atoms with Crippen molar-refractivity contribution >= 4 is 35.1 Å². The number of likely N-dealkylation sites (tertiary alicyclic amines) is 1. The number of hydrogen-bond donors (Lipinski definition) is 1. The number of nitrogens with zero attached hydrogens (tertiary/aromatic N) is 2. The van der Waals surface area contributed by atoms with Crippen LogP contribution in [-0.4, -0.2) is 65.6 Å². The summed E-state index contributed by atoms with van der Waals surface area (Å²) in [6.07, 6.45) is 5.26. The molecule has 0 aromatic heterocycles. The van der Waals surface area contributed by atoms with E-state index in [1.165, 1.54) is 22.5 Å². The molecule has 3 aliphatic rings. The Bertz CT molecular complexity index is 1290. The molecule has 3 atom stereocenters. The Hall–Kier alpha value is -3.62. The number of carbonyl (C=O) groups excluding carboxylic acids is 5. The van der Waals surface area contributed by atoms with Gasteiger partial charge in [0.2, 0.25) is 11.7 Å². The van der Waals surface area contributed by atoms with Crippen molar-refractivity contribution in [2.24, 2.45) is 28.7 Å². The molecular weight excluding hydrogens is 558 g/mol. The molecule has 0 radical (unpaired) electrons. The van der Waals surface area contributed by atoms with Crippen LogP contribution in [-0.2, 0) is 35.3 Å². The number of aliphatic imine (C=N–C) groups is 1. The SMILES string of the molecule is CCC(C)C(NC(=O)C(CC(=O)OCc1ccccc1)CC(C)C)C(=O)C(=O)N1CC(C(=O)CCC2=NCC3=C2CCC3)C1. The van der Waals surface area contributed by atoms with Gasteiger partial charge in [0.1, 0.15) is 12.4 Å². The van der Waals surface area contributed by atoms with E-state index in [2.05, 4.69) is 10.3 Å². The molecule has 238 valence electrons. The van der Waals surface area contributed by atoms with E-state index in [4.69, 9.17) is 4.74 Å². The quantitative estimate of drug-likeness (QED) is 0.217. The van der Waals surface area contributed by atoms with Gasteiger partial charge in [-0.2, -0.15) is 0 Å². The van der Waals surface area contributed by atoms with Gasteiger partial charge in [0.25, 0.3) is 5.91 Å². The zero-order chi connectivity index (χ0) is 31.8. The van der Waals surface area contributed by atoms with Gasteiger partial charge in [0.05, 0.1) is 24.9 Å². The summed E-state index contributed by atoms with van der Waals surface area (Å²) in [4.78, 5) is 71.6. The number of esters is 1. The highest BCUT2D eigenvalue weighted by molar-refractivity contribution is 6.38. The van der Waals surface area contributed by atoms with Crippen molar-refractivity contribution in [1.82, 2.24) is 10.2 Å². The lowest BCUT2D eigenvalue weighted by atomic mass is 9.88. The average Bonchev–Trinajstić information content (AvgIpc) is 3.60. The molecular formula is C35H47N3O6. The van der Waals surface area contributed by atoms with Crippen LogP contribution in [0, 0.1) is 23.7 Å². The van der Waals surface area contributed by atoms with E-state index in [1.807, 2.05) is 58.0 Å². The second kappa shape index (κ2) is 15.4. The van der Waals surface area contributed by atoms with Gasteiger partial charge in [-0.15, -0.1) is 0 Å². The fourth-order valence-corrected chi connectivity index (χ4v) is 6.25. The number of nitrogens with one attached hydrogen (secondary N) is 1. The molecule has 1 aromatic rings. The predicted molar refractivity (Wildman–Crippen MR) is 168 cm³/mol. The summed E-state index contributed by atoms with van der Waals surface area (Å²) in [7, 11) is 0. The first-order valence-corrected chi connectivity index (χ1v) is 16.2. The van der Waals surface area contributed by atoms with Crippen molar-refractivity contribution < 1.29 is 28.7 Å². The molecule has 2 amide bonds. The fourth-order valence-electron chi connectivity index (χ4n) is 6.25. The van der Waals surface area contributed by atoms with Crippen LogP contribution in [0.1, 0.15) is 84.6 Å². The molecule has 0 spiro atoms. The normalized spacial score (nSPS) is 18.3. The molecule has 1 aliphatic carbocycles. The number of carbonyl (C=O) groups is 5. The molecule has 3 unspecified atom stereocenters. The van der Waals surface area contributed by atoms with Gasteiger partial charge in [-0.1, -0.05) is 64.4 Å². The molecule has 4 rings (SSSR count). The number of allylic oxidation sites excluding steroid dienone is 1. The first-order valence-electron chi connectivity index (χ1n) is 16.2. The van der Waals surface area contributed by atoms with Gasteiger partial charge in [-0.3, -0.25) is 29.0 Å². The summed E-state index contributed by atoms with van der Waals surface area (Å²) in [6, 6.07) is 8.30. The Balaban J connectivity index is 1.29. The maximum absolute atomic E-state index is 13.4. The smallest absolute Gasteiger partial charge is 0.306 e. The number of amides is 2. The Morgan fingerprint density at radius 1 is 1.05 bits per heavy atom. The number of ether oxygens (including phenoxy) is 1. The number of benzene rings is 1. The van der Waals surface area contributed by atoms with Crippen molar-refractivity contribution in [2.75, 3.05) is 19.6 Å². The largest absolute Gasteiger partial charge is 0.461 e. The molecule has 44 heavy (non-hydrogen) atoms. The van der Waals surface area contributed by atoms with Crippen molar-refractivity contribution in [1.29, 1.82) is 0 Å². The van der Waals surface area contributed by atoms with Crippen molar-refractivity contribution in [3.63, 3.8) is 0 Å². The summed E-state index contributed by atoms with van der Waals surface area (Å²) in [5.74, 6) is -3.33. The molecule has 9 heteroatoms. The van der Waals surface area contributed by atoms with Gasteiger partial charge in [0.15, 0.2) is 0 Å². The summed E-state index contributed by atoms with van der Waals surface area (Å²) in [6.45, 7) is 8.96. The summed E-state index contributed by atoms with van der Waals surface area (Å²) < 4.78 is 5.41. The lowest BCUT2D eigenvalue weighted by molar-refractivity contribution is -0.153. The van der Waals surface area contributed by atoms with E-state index in [9.17, 15) is 24.0 Å². The van der Waals surface area contributed by atoms with Crippen LogP contribution in [0.15, 0.2) is 46.5 Å². The highest BCUT2D eigenvalue weighted by atomic mass is 16.5. The average molecular weight is 606 g/mol. The van der Waals surface area contributed by atoms with Crippen LogP contribution in [0.4, 0.5) is 0 Å². The van der Waals surface area contributed by atoms with Crippen LogP contribution >= 0.6 is 0 Å². The van der Waals surface area contributed by atoms with E-state index in [-0.39, 0.29) is 49.7 Å². The number of Topliss-reactive ketones (excluding diaryl/α,β-unsaturated/α-hetero) is 2. The minimum absolute atomic E-state index is 0.0960. The van der Waals surface area contributed by atoms with E-state index in [0.717, 1.165) is 30.7 Å². The van der Waals surface area contributed by atoms with Crippen molar-refractivity contribution in [3.8, 4) is 0 Å². The predicted octanol–water partition coefficient (Wildman–Crippen LogP) is 4.63. The lowest BCUT2D eigenvalue weighted by Crippen LogP contribution is -2.59. The standard InChI is InChI=1S/C35H47N3O6/c1-5-23(4)32(37-34(42)26(16-22(2)3)17-31(40)44-21-24-10-7-6-8-11-24)33(41)35(43)38-19-27(20-38)30(39)15-14-29-28-13-9-12-25(28)18-36-29/h6-8,10-11,22-23,26-27,32H,5,9,12-21H2,1-4H3,(H,37,42). The van der Waals surface area contributed by atoms with E-state index in [1.54, 1.807) is 0 Å². The second-order valence-corrected chi connectivity index (χ2v) is 13.0. The summed E-state index contributed by atoms with van der Waals surface area (Å²) >= 11 is 0. The minimum atomic E-state index is -1.01.